The molecule has 0 saturated carbocycles. The van der Waals surface area contributed by atoms with Crippen molar-refractivity contribution in [1.29, 1.82) is 0 Å². The first-order valence-electron chi connectivity index (χ1n) is 7.70. The Hall–Kier alpha value is -1.42. The second kappa shape index (κ2) is 5.92. The zero-order valence-corrected chi connectivity index (χ0v) is 12.2. The van der Waals surface area contributed by atoms with Crippen molar-refractivity contribution in [2.24, 2.45) is 0 Å². The molecule has 0 aromatic carbocycles. The van der Waals surface area contributed by atoms with Gasteiger partial charge in [0.2, 0.25) is 0 Å². The Morgan fingerprint density at radius 2 is 2.05 bits per heavy atom. The highest BCUT2D eigenvalue weighted by Gasteiger charge is 2.31. The monoisotopic (exact) mass is 273 g/mol. The molecule has 0 radical (unpaired) electrons. The van der Waals surface area contributed by atoms with Crippen molar-refractivity contribution in [3.8, 4) is 0 Å². The summed E-state index contributed by atoms with van der Waals surface area (Å²) in [6.07, 6.45) is 6.60. The highest BCUT2D eigenvalue weighted by Crippen LogP contribution is 2.22. The van der Waals surface area contributed by atoms with E-state index in [1.165, 1.54) is 25.9 Å². The average Bonchev–Trinajstić information content (AvgIpc) is 3.11. The van der Waals surface area contributed by atoms with Crippen LogP contribution in [0.5, 0.6) is 0 Å². The topological polar surface area (TPSA) is 36.4 Å². The molecule has 3 heterocycles. The smallest absolute Gasteiger partial charge is 0.255 e. The number of amides is 1. The summed E-state index contributed by atoms with van der Waals surface area (Å²) in [4.78, 5) is 21.4. The van der Waals surface area contributed by atoms with Crippen LogP contribution in [0.2, 0.25) is 0 Å². The lowest BCUT2D eigenvalue weighted by Gasteiger charge is -2.28. The zero-order chi connectivity index (χ0) is 13.9. The molecule has 1 aromatic rings. The van der Waals surface area contributed by atoms with Gasteiger partial charge in [0.05, 0.1) is 5.56 Å². The van der Waals surface area contributed by atoms with Gasteiger partial charge in [-0.25, -0.2) is 0 Å². The van der Waals surface area contributed by atoms with Crippen LogP contribution in [0.4, 0.5) is 0 Å². The first-order chi connectivity index (χ1) is 9.74. The van der Waals surface area contributed by atoms with Crippen molar-refractivity contribution >= 4 is 5.91 Å². The normalized spacial score (nSPS) is 23.4. The molecule has 0 aliphatic carbocycles. The summed E-state index contributed by atoms with van der Waals surface area (Å²) in [5.74, 6) is 0.152. The van der Waals surface area contributed by atoms with Crippen molar-refractivity contribution in [3.05, 3.63) is 29.6 Å². The number of carbonyl (C=O) groups is 1. The van der Waals surface area contributed by atoms with E-state index in [-0.39, 0.29) is 5.91 Å². The molecule has 2 saturated heterocycles. The number of nitrogens with zero attached hydrogens (tertiary/aromatic N) is 3. The molecule has 20 heavy (non-hydrogen) atoms. The van der Waals surface area contributed by atoms with E-state index in [1.54, 1.807) is 6.20 Å². The molecule has 2 aliphatic heterocycles. The summed E-state index contributed by atoms with van der Waals surface area (Å²) < 4.78 is 0. The summed E-state index contributed by atoms with van der Waals surface area (Å²) in [5, 5.41) is 0. The van der Waals surface area contributed by atoms with E-state index in [4.69, 9.17) is 0 Å². The minimum absolute atomic E-state index is 0.152. The Morgan fingerprint density at radius 3 is 2.75 bits per heavy atom. The van der Waals surface area contributed by atoms with E-state index < -0.39 is 0 Å². The molecule has 1 amide bonds. The lowest BCUT2D eigenvalue weighted by atomic mass is 10.2. The van der Waals surface area contributed by atoms with Crippen LogP contribution in [-0.2, 0) is 0 Å². The number of hydrogen-bond donors (Lipinski definition) is 0. The third-order valence-corrected chi connectivity index (χ3v) is 4.46. The molecule has 2 fully saturated rings. The van der Waals surface area contributed by atoms with Crippen molar-refractivity contribution in [2.45, 2.75) is 38.6 Å². The Bertz CT molecular complexity index is 465. The van der Waals surface area contributed by atoms with Crippen molar-refractivity contribution < 1.29 is 4.79 Å². The molecule has 2 aliphatic rings. The molecule has 3 rings (SSSR count). The number of aromatic nitrogens is 1. The van der Waals surface area contributed by atoms with E-state index in [0.29, 0.717) is 6.04 Å². The van der Waals surface area contributed by atoms with Crippen LogP contribution in [0.25, 0.3) is 0 Å². The summed E-state index contributed by atoms with van der Waals surface area (Å²) in [5.41, 5.74) is 1.68. The summed E-state index contributed by atoms with van der Waals surface area (Å²) in [7, 11) is 0. The van der Waals surface area contributed by atoms with Gasteiger partial charge in [-0.1, -0.05) is 0 Å². The van der Waals surface area contributed by atoms with E-state index >= 15 is 0 Å². The molecule has 0 spiro atoms. The molecule has 0 N–H and O–H groups in total. The fraction of sp³-hybridized carbons (Fsp3) is 0.625. The van der Waals surface area contributed by atoms with Gasteiger partial charge in [0, 0.05) is 31.0 Å². The highest BCUT2D eigenvalue weighted by molar-refractivity contribution is 5.94. The van der Waals surface area contributed by atoms with Crippen molar-refractivity contribution in [2.75, 3.05) is 26.2 Å². The molecule has 4 heteroatoms. The predicted octanol–water partition coefficient (Wildman–Crippen LogP) is 2.09. The van der Waals surface area contributed by atoms with Crippen molar-refractivity contribution in [3.63, 3.8) is 0 Å². The van der Waals surface area contributed by atoms with Gasteiger partial charge in [-0.05, 0) is 57.8 Å². The van der Waals surface area contributed by atoms with Crippen LogP contribution in [0.15, 0.2) is 18.3 Å². The molecular formula is C16H23N3O. The predicted molar refractivity (Wildman–Crippen MR) is 78.7 cm³/mol. The quantitative estimate of drug-likeness (QED) is 0.846. The lowest BCUT2D eigenvalue weighted by Crippen LogP contribution is -2.42. The Labute approximate surface area is 120 Å². The van der Waals surface area contributed by atoms with Gasteiger partial charge >= 0.3 is 0 Å². The van der Waals surface area contributed by atoms with Crippen LogP contribution in [0, 0.1) is 6.92 Å². The standard InChI is InChI=1S/C16H23N3O/c1-13-6-7-14(11-17-13)16(20)19-10-4-5-15(19)12-18-8-2-3-9-18/h6-7,11,15H,2-5,8-10,12H2,1H3. The van der Waals surface area contributed by atoms with Gasteiger partial charge in [0.25, 0.3) is 5.91 Å². The molecule has 1 atom stereocenters. The van der Waals surface area contributed by atoms with Crippen LogP contribution in [-0.4, -0.2) is 52.9 Å². The minimum atomic E-state index is 0.152. The van der Waals surface area contributed by atoms with Gasteiger partial charge in [0.1, 0.15) is 0 Å². The molecule has 1 aromatic heterocycles. The third kappa shape index (κ3) is 2.85. The number of likely N-dealkylation sites (tertiary alicyclic amines) is 2. The lowest BCUT2D eigenvalue weighted by molar-refractivity contribution is 0.0708. The molecule has 0 bridgehead atoms. The van der Waals surface area contributed by atoms with Crippen LogP contribution < -0.4 is 0 Å². The summed E-state index contributed by atoms with van der Waals surface area (Å²) in [6, 6.07) is 4.20. The second-order valence-corrected chi connectivity index (χ2v) is 5.99. The summed E-state index contributed by atoms with van der Waals surface area (Å²) in [6.45, 7) is 6.28. The first kappa shape index (κ1) is 13.6. The zero-order valence-electron chi connectivity index (χ0n) is 12.2. The maximum absolute atomic E-state index is 12.6. The summed E-state index contributed by atoms with van der Waals surface area (Å²) >= 11 is 0. The van der Waals surface area contributed by atoms with E-state index in [1.807, 2.05) is 19.1 Å². The SMILES string of the molecule is Cc1ccc(C(=O)N2CCCC2CN2CCCC2)cn1. The highest BCUT2D eigenvalue weighted by atomic mass is 16.2. The third-order valence-electron chi connectivity index (χ3n) is 4.46. The average molecular weight is 273 g/mol. The minimum Gasteiger partial charge on any atom is -0.334 e. The maximum Gasteiger partial charge on any atom is 0.255 e. The van der Waals surface area contributed by atoms with Crippen LogP contribution >= 0.6 is 0 Å². The van der Waals surface area contributed by atoms with Crippen LogP contribution in [0.3, 0.4) is 0 Å². The first-order valence-corrected chi connectivity index (χ1v) is 7.70. The van der Waals surface area contributed by atoms with E-state index in [0.717, 1.165) is 37.2 Å². The molecular weight excluding hydrogens is 250 g/mol. The second-order valence-electron chi connectivity index (χ2n) is 5.99. The number of rotatable bonds is 3. The molecule has 108 valence electrons. The van der Waals surface area contributed by atoms with Gasteiger partial charge < -0.3 is 9.80 Å². The van der Waals surface area contributed by atoms with Gasteiger partial charge in [-0.2, -0.15) is 0 Å². The van der Waals surface area contributed by atoms with Crippen molar-refractivity contribution in [1.82, 2.24) is 14.8 Å². The molecule has 1 unspecified atom stereocenters. The van der Waals surface area contributed by atoms with E-state index in [9.17, 15) is 4.79 Å². The maximum atomic E-state index is 12.6. The number of hydrogen-bond acceptors (Lipinski definition) is 3. The molecule has 4 nitrogen and oxygen atoms in total. The van der Waals surface area contributed by atoms with Crippen LogP contribution in [0.1, 0.15) is 41.7 Å². The largest absolute Gasteiger partial charge is 0.334 e. The Morgan fingerprint density at radius 1 is 1.25 bits per heavy atom. The Balaban J connectivity index is 1.67. The van der Waals surface area contributed by atoms with Gasteiger partial charge in [-0.15, -0.1) is 0 Å². The number of carbonyl (C=O) groups excluding carboxylic acids is 1. The van der Waals surface area contributed by atoms with E-state index in [2.05, 4.69) is 14.8 Å². The van der Waals surface area contributed by atoms with Gasteiger partial charge in [-0.3, -0.25) is 9.78 Å². The fourth-order valence-corrected chi connectivity index (χ4v) is 3.32. The number of aryl methyl sites for hydroxylation is 1. The number of pyridine rings is 1. The fourth-order valence-electron chi connectivity index (χ4n) is 3.32. The Kier molecular flexibility index (Phi) is 4.01. The van der Waals surface area contributed by atoms with Gasteiger partial charge in [0.15, 0.2) is 0 Å².